The molecular formula is C13H18N2O2. The average molecular weight is 234 g/mol. The van der Waals surface area contributed by atoms with Crippen LogP contribution >= 0.6 is 0 Å². The van der Waals surface area contributed by atoms with E-state index in [0.717, 1.165) is 24.2 Å². The second-order valence-electron chi connectivity index (χ2n) is 4.42. The number of ether oxygens (including phenoxy) is 1. The summed E-state index contributed by atoms with van der Waals surface area (Å²) < 4.78 is 5.10. The monoisotopic (exact) mass is 234 g/mol. The number of hydrogen-bond acceptors (Lipinski definition) is 3. The minimum absolute atomic E-state index is 0.0154. The first-order chi connectivity index (χ1) is 8.13. The second-order valence-corrected chi connectivity index (χ2v) is 4.42. The van der Waals surface area contributed by atoms with E-state index in [0.29, 0.717) is 6.61 Å². The highest BCUT2D eigenvalue weighted by Gasteiger charge is 2.26. The smallest absolute Gasteiger partial charge is 0.243 e. The number of methoxy groups -OCH3 is 1. The van der Waals surface area contributed by atoms with Gasteiger partial charge in [0.2, 0.25) is 5.91 Å². The summed E-state index contributed by atoms with van der Waals surface area (Å²) in [7, 11) is 1.66. The van der Waals surface area contributed by atoms with Crippen LogP contribution in [0.25, 0.3) is 0 Å². The van der Waals surface area contributed by atoms with Crippen LogP contribution in [0.15, 0.2) is 18.2 Å². The molecule has 1 heterocycles. The zero-order valence-corrected chi connectivity index (χ0v) is 10.3. The third kappa shape index (κ3) is 2.33. The Hall–Kier alpha value is -1.39. The van der Waals surface area contributed by atoms with Gasteiger partial charge in [0.25, 0.3) is 0 Å². The first-order valence-electron chi connectivity index (χ1n) is 5.81. The van der Waals surface area contributed by atoms with E-state index in [1.54, 1.807) is 18.9 Å². The largest absolute Gasteiger partial charge is 0.380 e. The van der Waals surface area contributed by atoms with Crippen molar-refractivity contribution >= 4 is 11.6 Å². The lowest BCUT2D eigenvalue weighted by atomic mass is 10.1. The maximum absolute atomic E-state index is 11.9. The van der Waals surface area contributed by atoms with Gasteiger partial charge in [0, 0.05) is 19.3 Å². The number of fused-ring (bicyclic) bond motifs is 1. The molecular weight excluding hydrogens is 216 g/mol. The van der Waals surface area contributed by atoms with Gasteiger partial charge in [-0.15, -0.1) is 0 Å². The molecule has 1 amide bonds. The Kier molecular flexibility index (Phi) is 3.45. The third-order valence-corrected chi connectivity index (χ3v) is 3.01. The van der Waals surface area contributed by atoms with Crippen molar-refractivity contribution in [2.24, 2.45) is 5.73 Å². The number of nitrogens with two attached hydrogens (primary N) is 1. The standard InChI is InChI=1S/C13H18N2O2/c1-9(14)13(16)15-6-5-11-4-3-10(8-17-2)7-12(11)15/h3-4,7,9H,5-6,8,14H2,1-2H3. The van der Waals surface area contributed by atoms with Gasteiger partial charge in [-0.3, -0.25) is 4.79 Å². The van der Waals surface area contributed by atoms with E-state index < -0.39 is 6.04 Å². The Labute approximate surface area is 101 Å². The van der Waals surface area contributed by atoms with Crippen molar-refractivity contribution in [2.45, 2.75) is 26.0 Å². The first-order valence-corrected chi connectivity index (χ1v) is 5.81. The summed E-state index contributed by atoms with van der Waals surface area (Å²) in [6.07, 6.45) is 0.904. The minimum atomic E-state index is -0.452. The lowest BCUT2D eigenvalue weighted by Crippen LogP contribution is -2.41. The van der Waals surface area contributed by atoms with Gasteiger partial charge in [-0.25, -0.2) is 0 Å². The van der Waals surface area contributed by atoms with Crippen LogP contribution in [0.1, 0.15) is 18.1 Å². The van der Waals surface area contributed by atoms with Gasteiger partial charge in [0.1, 0.15) is 0 Å². The maximum atomic E-state index is 11.9. The van der Waals surface area contributed by atoms with Gasteiger partial charge in [0.05, 0.1) is 12.6 Å². The minimum Gasteiger partial charge on any atom is -0.380 e. The van der Waals surface area contributed by atoms with Crippen LogP contribution in [0, 0.1) is 0 Å². The number of carbonyl (C=O) groups excluding carboxylic acids is 1. The second kappa shape index (κ2) is 4.85. The van der Waals surface area contributed by atoms with Crippen LogP contribution < -0.4 is 10.6 Å². The number of rotatable bonds is 3. The number of nitrogens with zero attached hydrogens (tertiary/aromatic N) is 1. The predicted molar refractivity (Wildman–Crippen MR) is 66.9 cm³/mol. The Balaban J connectivity index is 2.29. The quantitative estimate of drug-likeness (QED) is 0.851. The number of amides is 1. The van der Waals surface area contributed by atoms with Crippen LogP contribution in [0.2, 0.25) is 0 Å². The summed E-state index contributed by atoms with van der Waals surface area (Å²) in [5.41, 5.74) is 8.93. The van der Waals surface area contributed by atoms with E-state index in [4.69, 9.17) is 10.5 Å². The van der Waals surface area contributed by atoms with Crippen molar-refractivity contribution in [3.63, 3.8) is 0 Å². The van der Waals surface area contributed by atoms with Gasteiger partial charge >= 0.3 is 0 Å². The molecule has 1 aromatic rings. The molecule has 17 heavy (non-hydrogen) atoms. The molecule has 4 heteroatoms. The molecule has 2 rings (SSSR count). The number of benzene rings is 1. The normalized spacial score (nSPS) is 15.8. The summed E-state index contributed by atoms with van der Waals surface area (Å²) >= 11 is 0. The number of anilines is 1. The Bertz CT molecular complexity index is 429. The Morgan fingerprint density at radius 1 is 1.59 bits per heavy atom. The molecule has 1 aliphatic rings. The fraction of sp³-hybridized carbons (Fsp3) is 0.462. The molecule has 0 bridgehead atoms. The molecule has 1 aromatic carbocycles. The molecule has 0 saturated heterocycles. The molecule has 0 aromatic heterocycles. The van der Waals surface area contributed by atoms with Crippen LogP contribution in [0.3, 0.4) is 0 Å². The van der Waals surface area contributed by atoms with E-state index in [1.807, 2.05) is 12.1 Å². The zero-order valence-electron chi connectivity index (χ0n) is 10.3. The molecule has 92 valence electrons. The summed E-state index contributed by atoms with van der Waals surface area (Å²) in [6, 6.07) is 5.68. The van der Waals surface area contributed by atoms with Gasteiger partial charge in [-0.2, -0.15) is 0 Å². The summed E-state index contributed by atoms with van der Waals surface area (Å²) in [6.45, 7) is 3.01. The third-order valence-electron chi connectivity index (χ3n) is 3.01. The van der Waals surface area contributed by atoms with Crippen molar-refractivity contribution in [3.05, 3.63) is 29.3 Å². The first kappa shape index (κ1) is 12.1. The predicted octanol–water partition coefficient (Wildman–Crippen LogP) is 1.07. The molecule has 0 radical (unpaired) electrons. The molecule has 4 nitrogen and oxygen atoms in total. The highest BCUT2D eigenvalue weighted by atomic mass is 16.5. The van der Waals surface area contributed by atoms with Crippen LogP contribution in [-0.2, 0) is 22.6 Å². The van der Waals surface area contributed by atoms with Crippen LogP contribution in [0.5, 0.6) is 0 Å². The highest BCUT2D eigenvalue weighted by molar-refractivity contribution is 5.98. The van der Waals surface area contributed by atoms with Crippen molar-refractivity contribution < 1.29 is 9.53 Å². The lowest BCUT2D eigenvalue weighted by Gasteiger charge is -2.20. The molecule has 0 aliphatic carbocycles. The summed E-state index contributed by atoms with van der Waals surface area (Å²) in [5.74, 6) is -0.0154. The Morgan fingerprint density at radius 2 is 2.35 bits per heavy atom. The molecule has 0 saturated carbocycles. The fourth-order valence-corrected chi connectivity index (χ4v) is 2.16. The molecule has 0 fully saturated rings. The van der Waals surface area contributed by atoms with Crippen molar-refractivity contribution in [3.8, 4) is 0 Å². The molecule has 1 unspecified atom stereocenters. The molecule has 1 atom stereocenters. The Morgan fingerprint density at radius 3 is 3.00 bits per heavy atom. The maximum Gasteiger partial charge on any atom is 0.243 e. The van der Waals surface area contributed by atoms with E-state index >= 15 is 0 Å². The summed E-state index contributed by atoms with van der Waals surface area (Å²) in [5, 5.41) is 0. The molecule has 2 N–H and O–H groups in total. The number of carbonyl (C=O) groups is 1. The lowest BCUT2D eigenvalue weighted by molar-refractivity contribution is -0.119. The average Bonchev–Trinajstić information content (AvgIpc) is 2.71. The van der Waals surface area contributed by atoms with Crippen LogP contribution in [-0.4, -0.2) is 25.6 Å². The molecule has 1 aliphatic heterocycles. The van der Waals surface area contributed by atoms with Gasteiger partial charge in [-0.05, 0) is 30.5 Å². The highest BCUT2D eigenvalue weighted by Crippen LogP contribution is 2.29. The topological polar surface area (TPSA) is 55.6 Å². The fourth-order valence-electron chi connectivity index (χ4n) is 2.16. The van der Waals surface area contributed by atoms with Gasteiger partial charge < -0.3 is 15.4 Å². The van der Waals surface area contributed by atoms with E-state index in [-0.39, 0.29) is 5.91 Å². The van der Waals surface area contributed by atoms with Gasteiger partial charge in [-0.1, -0.05) is 12.1 Å². The number of hydrogen-bond donors (Lipinski definition) is 1. The van der Waals surface area contributed by atoms with Crippen molar-refractivity contribution in [1.29, 1.82) is 0 Å². The van der Waals surface area contributed by atoms with Gasteiger partial charge in [0.15, 0.2) is 0 Å². The van der Waals surface area contributed by atoms with E-state index in [1.165, 1.54) is 5.56 Å². The van der Waals surface area contributed by atoms with Crippen molar-refractivity contribution in [2.75, 3.05) is 18.6 Å². The zero-order chi connectivity index (χ0) is 12.4. The summed E-state index contributed by atoms with van der Waals surface area (Å²) in [4.78, 5) is 13.7. The SMILES string of the molecule is COCc1ccc2c(c1)N(C(=O)C(C)N)CC2. The van der Waals surface area contributed by atoms with E-state index in [9.17, 15) is 4.79 Å². The van der Waals surface area contributed by atoms with Crippen LogP contribution in [0.4, 0.5) is 5.69 Å². The molecule has 0 spiro atoms. The van der Waals surface area contributed by atoms with Crippen molar-refractivity contribution in [1.82, 2.24) is 0 Å². The van der Waals surface area contributed by atoms with E-state index in [2.05, 4.69) is 6.07 Å².